The lowest BCUT2D eigenvalue weighted by molar-refractivity contribution is -0.133. The summed E-state index contributed by atoms with van der Waals surface area (Å²) in [7, 11) is 0. The summed E-state index contributed by atoms with van der Waals surface area (Å²) in [5.41, 5.74) is 7.61. The fourth-order valence-electron chi connectivity index (χ4n) is 1.71. The maximum absolute atomic E-state index is 11.3. The van der Waals surface area contributed by atoms with Crippen molar-refractivity contribution in [2.24, 2.45) is 5.73 Å². The Labute approximate surface area is 88.6 Å². The van der Waals surface area contributed by atoms with Gasteiger partial charge in [-0.25, -0.2) is 4.79 Å². The van der Waals surface area contributed by atoms with Crippen molar-refractivity contribution in [2.45, 2.75) is 6.92 Å². The van der Waals surface area contributed by atoms with E-state index in [9.17, 15) is 4.79 Å². The van der Waals surface area contributed by atoms with E-state index >= 15 is 0 Å². The zero-order valence-electron chi connectivity index (χ0n) is 8.69. The standard InChI is InChI=1S/C11H14N2O2/c1-8-2-3-10-9(6-8)13(5-4-12)7-11(14)15-10/h2-3,6H,4-5,7,12H2,1H3. The van der Waals surface area contributed by atoms with E-state index in [1.165, 1.54) is 0 Å². The summed E-state index contributed by atoms with van der Waals surface area (Å²) in [6.07, 6.45) is 0. The second-order valence-electron chi connectivity index (χ2n) is 3.66. The highest BCUT2D eigenvalue weighted by Crippen LogP contribution is 2.32. The molecule has 0 unspecified atom stereocenters. The van der Waals surface area contributed by atoms with Crippen molar-refractivity contribution in [3.05, 3.63) is 23.8 Å². The molecular weight excluding hydrogens is 192 g/mol. The molecule has 2 rings (SSSR count). The number of carbonyl (C=O) groups excluding carboxylic acids is 1. The molecule has 0 atom stereocenters. The van der Waals surface area contributed by atoms with Crippen molar-refractivity contribution in [1.29, 1.82) is 0 Å². The van der Waals surface area contributed by atoms with Crippen LogP contribution in [0.3, 0.4) is 0 Å². The van der Waals surface area contributed by atoms with Gasteiger partial charge in [-0.15, -0.1) is 0 Å². The number of rotatable bonds is 2. The van der Waals surface area contributed by atoms with Crippen LogP contribution in [0.4, 0.5) is 5.69 Å². The Kier molecular flexibility index (Phi) is 2.60. The number of ether oxygens (including phenoxy) is 1. The van der Waals surface area contributed by atoms with Gasteiger partial charge in [-0.2, -0.15) is 0 Å². The Balaban J connectivity index is 2.38. The molecule has 0 radical (unpaired) electrons. The van der Waals surface area contributed by atoms with Crippen LogP contribution >= 0.6 is 0 Å². The van der Waals surface area contributed by atoms with Crippen LogP contribution < -0.4 is 15.4 Å². The summed E-state index contributed by atoms with van der Waals surface area (Å²) in [4.78, 5) is 13.2. The first kappa shape index (κ1) is 9.98. The van der Waals surface area contributed by atoms with Gasteiger partial charge < -0.3 is 15.4 Å². The van der Waals surface area contributed by atoms with E-state index in [-0.39, 0.29) is 12.5 Å². The molecule has 15 heavy (non-hydrogen) atoms. The molecule has 1 aromatic rings. The third kappa shape index (κ3) is 1.94. The minimum absolute atomic E-state index is 0.222. The molecular formula is C11H14N2O2. The zero-order valence-corrected chi connectivity index (χ0v) is 8.69. The molecule has 1 aliphatic heterocycles. The van der Waals surface area contributed by atoms with Gasteiger partial charge in [0.25, 0.3) is 0 Å². The average Bonchev–Trinajstić information content (AvgIpc) is 2.19. The highest BCUT2D eigenvalue weighted by atomic mass is 16.5. The van der Waals surface area contributed by atoms with Crippen LogP contribution in [0.25, 0.3) is 0 Å². The molecule has 1 heterocycles. The number of nitrogens with zero attached hydrogens (tertiary/aromatic N) is 1. The van der Waals surface area contributed by atoms with Crippen molar-refractivity contribution < 1.29 is 9.53 Å². The molecule has 4 nitrogen and oxygen atoms in total. The number of hydrogen-bond acceptors (Lipinski definition) is 4. The maximum atomic E-state index is 11.3. The molecule has 4 heteroatoms. The molecule has 2 N–H and O–H groups in total. The van der Waals surface area contributed by atoms with Crippen LogP contribution in [-0.4, -0.2) is 25.6 Å². The number of esters is 1. The van der Waals surface area contributed by atoms with Gasteiger partial charge in [-0.1, -0.05) is 6.07 Å². The molecule has 1 aromatic carbocycles. The summed E-state index contributed by atoms with van der Waals surface area (Å²) >= 11 is 0. The molecule has 0 fully saturated rings. The van der Waals surface area contributed by atoms with Gasteiger partial charge in [0.05, 0.1) is 5.69 Å². The predicted octanol–water partition coefficient (Wildman–Crippen LogP) is 0.679. The van der Waals surface area contributed by atoms with E-state index in [0.717, 1.165) is 11.3 Å². The lowest BCUT2D eigenvalue weighted by Crippen LogP contribution is -2.39. The summed E-state index contributed by atoms with van der Waals surface area (Å²) in [5.74, 6) is 0.408. The topological polar surface area (TPSA) is 55.6 Å². The molecule has 0 aliphatic carbocycles. The van der Waals surface area contributed by atoms with Gasteiger partial charge in [0.1, 0.15) is 6.54 Å². The zero-order chi connectivity index (χ0) is 10.8. The van der Waals surface area contributed by atoms with Crippen LogP contribution in [0.2, 0.25) is 0 Å². The van der Waals surface area contributed by atoms with Gasteiger partial charge in [0, 0.05) is 13.1 Å². The monoisotopic (exact) mass is 206 g/mol. The molecule has 0 saturated heterocycles. The Morgan fingerprint density at radius 1 is 1.53 bits per heavy atom. The third-order valence-corrected chi connectivity index (χ3v) is 2.40. The quantitative estimate of drug-likeness (QED) is 0.571. The molecule has 0 amide bonds. The summed E-state index contributed by atoms with van der Waals surface area (Å²) < 4.78 is 5.14. The Bertz CT molecular complexity index is 390. The highest BCUT2D eigenvalue weighted by Gasteiger charge is 2.23. The molecule has 0 spiro atoms. The number of benzene rings is 1. The first-order valence-corrected chi connectivity index (χ1v) is 4.97. The summed E-state index contributed by atoms with van der Waals surface area (Å²) in [6.45, 7) is 3.50. The third-order valence-electron chi connectivity index (χ3n) is 2.40. The number of carbonyl (C=O) groups is 1. The van der Waals surface area contributed by atoms with Gasteiger partial charge in [-0.3, -0.25) is 0 Å². The van der Waals surface area contributed by atoms with Crippen LogP contribution in [0.1, 0.15) is 5.56 Å². The van der Waals surface area contributed by atoms with Crippen molar-refractivity contribution in [2.75, 3.05) is 24.5 Å². The average molecular weight is 206 g/mol. The lowest BCUT2D eigenvalue weighted by atomic mass is 10.1. The fraction of sp³-hybridized carbons (Fsp3) is 0.364. The molecule has 0 saturated carbocycles. The van der Waals surface area contributed by atoms with Crippen molar-refractivity contribution in [3.8, 4) is 5.75 Å². The van der Waals surface area contributed by atoms with Gasteiger partial charge in [0.15, 0.2) is 5.75 Å². The Hall–Kier alpha value is -1.55. The van der Waals surface area contributed by atoms with Gasteiger partial charge in [-0.05, 0) is 24.6 Å². The van der Waals surface area contributed by atoms with Crippen LogP contribution in [0.5, 0.6) is 5.75 Å². The predicted molar refractivity (Wildman–Crippen MR) is 58.1 cm³/mol. The second-order valence-corrected chi connectivity index (χ2v) is 3.66. The van der Waals surface area contributed by atoms with Crippen molar-refractivity contribution in [3.63, 3.8) is 0 Å². The van der Waals surface area contributed by atoms with E-state index in [0.29, 0.717) is 18.8 Å². The van der Waals surface area contributed by atoms with Crippen molar-refractivity contribution >= 4 is 11.7 Å². The highest BCUT2D eigenvalue weighted by molar-refractivity contribution is 5.84. The largest absolute Gasteiger partial charge is 0.423 e. The van der Waals surface area contributed by atoms with E-state index in [4.69, 9.17) is 10.5 Å². The van der Waals surface area contributed by atoms with E-state index < -0.39 is 0 Å². The number of hydrogen-bond donors (Lipinski definition) is 1. The normalized spacial score (nSPS) is 14.8. The molecule has 0 bridgehead atoms. The van der Waals surface area contributed by atoms with Crippen LogP contribution in [-0.2, 0) is 4.79 Å². The van der Waals surface area contributed by atoms with Gasteiger partial charge >= 0.3 is 5.97 Å². The summed E-state index contributed by atoms with van der Waals surface area (Å²) in [6, 6.07) is 5.76. The smallest absolute Gasteiger partial charge is 0.331 e. The van der Waals surface area contributed by atoms with E-state index in [1.54, 1.807) is 0 Å². The summed E-state index contributed by atoms with van der Waals surface area (Å²) in [5, 5.41) is 0. The first-order chi connectivity index (χ1) is 7.20. The number of anilines is 1. The first-order valence-electron chi connectivity index (χ1n) is 4.97. The second kappa shape index (κ2) is 3.90. The number of aryl methyl sites for hydroxylation is 1. The minimum atomic E-state index is -0.222. The number of fused-ring (bicyclic) bond motifs is 1. The fourth-order valence-corrected chi connectivity index (χ4v) is 1.71. The minimum Gasteiger partial charge on any atom is -0.423 e. The molecule has 80 valence electrons. The van der Waals surface area contributed by atoms with Gasteiger partial charge in [0.2, 0.25) is 0 Å². The van der Waals surface area contributed by atoms with E-state index in [2.05, 4.69) is 0 Å². The number of nitrogens with two attached hydrogens (primary N) is 1. The van der Waals surface area contributed by atoms with E-state index in [1.807, 2.05) is 30.0 Å². The van der Waals surface area contributed by atoms with Crippen LogP contribution in [0, 0.1) is 6.92 Å². The van der Waals surface area contributed by atoms with Crippen LogP contribution in [0.15, 0.2) is 18.2 Å². The molecule has 0 aromatic heterocycles. The maximum Gasteiger partial charge on any atom is 0.331 e. The lowest BCUT2D eigenvalue weighted by Gasteiger charge is -2.29. The Morgan fingerprint density at radius 3 is 3.07 bits per heavy atom. The van der Waals surface area contributed by atoms with Crippen molar-refractivity contribution in [1.82, 2.24) is 0 Å². The molecule has 1 aliphatic rings. The SMILES string of the molecule is Cc1ccc2c(c1)N(CCN)CC(=O)O2. The Morgan fingerprint density at radius 2 is 2.33 bits per heavy atom.